The van der Waals surface area contributed by atoms with Gasteiger partial charge in [-0.25, -0.2) is 0 Å². The van der Waals surface area contributed by atoms with E-state index in [2.05, 4.69) is 33.6 Å². The Morgan fingerprint density at radius 3 is 2.80 bits per heavy atom. The van der Waals surface area contributed by atoms with Gasteiger partial charge in [-0.15, -0.1) is 0 Å². The van der Waals surface area contributed by atoms with E-state index in [1.165, 1.54) is 10.0 Å². The Morgan fingerprint density at radius 2 is 2.40 bits per heavy atom. The van der Waals surface area contributed by atoms with E-state index >= 15 is 0 Å². The Kier molecular flexibility index (Phi) is 2.89. The van der Waals surface area contributed by atoms with Crippen molar-refractivity contribution in [3.8, 4) is 0 Å². The fraction of sp³-hybridized carbons (Fsp3) is 0.429. The lowest BCUT2D eigenvalue weighted by Gasteiger charge is -2.05. The van der Waals surface area contributed by atoms with Crippen LogP contribution in [0.15, 0.2) is 15.2 Å². The summed E-state index contributed by atoms with van der Waals surface area (Å²) in [4.78, 5) is 0. The SMILES string of the molecule is CC(CN)c1cscc1Br. The first-order valence-electron chi connectivity index (χ1n) is 3.17. The van der Waals surface area contributed by atoms with E-state index in [9.17, 15) is 0 Å². The molecule has 0 aromatic carbocycles. The summed E-state index contributed by atoms with van der Waals surface area (Å²) < 4.78 is 1.19. The van der Waals surface area contributed by atoms with E-state index in [0.29, 0.717) is 5.92 Å². The monoisotopic (exact) mass is 219 g/mol. The van der Waals surface area contributed by atoms with Crippen LogP contribution in [0.1, 0.15) is 18.4 Å². The fourth-order valence-electron chi connectivity index (χ4n) is 0.770. The molecule has 0 saturated heterocycles. The van der Waals surface area contributed by atoms with Crippen molar-refractivity contribution in [3.05, 3.63) is 20.8 Å². The quantitative estimate of drug-likeness (QED) is 0.814. The zero-order valence-corrected chi connectivity index (χ0v) is 8.21. The van der Waals surface area contributed by atoms with Gasteiger partial charge in [0.15, 0.2) is 0 Å². The molecule has 0 aliphatic carbocycles. The summed E-state index contributed by atoms with van der Waals surface area (Å²) in [5, 5.41) is 4.23. The second-order valence-corrected chi connectivity index (χ2v) is 3.91. The molecule has 0 fully saturated rings. The first-order valence-corrected chi connectivity index (χ1v) is 4.91. The third kappa shape index (κ3) is 1.59. The predicted octanol–water partition coefficient (Wildman–Crippen LogP) is 2.57. The molecule has 2 N–H and O–H groups in total. The van der Waals surface area contributed by atoms with Crippen LogP contribution in [0.5, 0.6) is 0 Å². The van der Waals surface area contributed by atoms with Crippen molar-refractivity contribution in [3.63, 3.8) is 0 Å². The highest BCUT2D eigenvalue weighted by atomic mass is 79.9. The molecular weight excluding hydrogens is 210 g/mol. The molecule has 3 heteroatoms. The Morgan fingerprint density at radius 1 is 1.70 bits per heavy atom. The molecule has 1 atom stereocenters. The first-order chi connectivity index (χ1) is 4.75. The molecule has 1 unspecified atom stereocenters. The van der Waals surface area contributed by atoms with Crippen molar-refractivity contribution in [1.29, 1.82) is 0 Å². The third-order valence-corrected chi connectivity index (χ3v) is 3.28. The van der Waals surface area contributed by atoms with Crippen molar-refractivity contribution in [2.45, 2.75) is 12.8 Å². The number of rotatable bonds is 2. The minimum absolute atomic E-state index is 0.473. The Bertz CT molecular complexity index is 209. The van der Waals surface area contributed by atoms with Gasteiger partial charge in [-0.3, -0.25) is 0 Å². The normalized spacial score (nSPS) is 13.5. The van der Waals surface area contributed by atoms with Gasteiger partial charge in [0.05, 0.1) is 0 Å². The molecule has 0 aliphatic heterocycles. The maximum atomic E-state index is 5.52. The summed E-state index contributed by atoms with van der Waals surface area (Å²) in [6, 6.07) is 0. The molecule has 1 aromatic rings. The Labute approximate surface area is 73.4 Å². The number of nitrogens with two attached hydrogens (primary N) is 1. The van der Waals surface area contributed by atoms with Crippen molar-refractivity contribution in [2.24, 2.45) is 5.73 Å². The molecule has 1 aromatic heterocycles. The lowest BCUT2D eigenvalue weighted by atomic mass is 10.1. The van der Waals surface area contributed by atoms with E-state index < -0.39 is 0 Å². The van der Waals surface area contributed by atoms with Crippen molar-refractivity contribution >= 4 is 27.3 Å². The summed E-state index contributed by atoms with van der Waals surface area (Å²) in [7, 11) is 0. The number of thiophene rings is 1. The molecule has 0 aliphatic rings. The van der Waals surface area contributed by atoms with Gasteiger partial charge < -0.3 is 5.73 Å². The molecule has 56 valence electrons. The summed E-state index contributed by atoms with van der Waals surface area (Å²) >= 11 is 5.17. The van der Waals surface area contributed by atoms with Crippen LogP contribution in [0, 0.1) is 0 Å². The van der Waals surface area contributed by atoms with E-state index in [4.69, 9.17) is 5.73 Å². The van der Waals surface area contributed by atoms with Crippen LogP contribution in [-0.4, -0.2) is 6.54 Å². The zero-order valence-electron chi connectivity index (χ0n) is 5.80. The lowest BCUT2D eigenvalue weighted by molar-refractivity contribution is 0.774. The standard InChI is InChI=1S/C7H10BrNS/c1-5(2-9)6-3-10-4-7(6)8/h3-5H,2,9H2,1H3. The van der Waals surface area contributed by atoms with Gasteiger partial charge in [0.25, 0.3) is 0 Å². The van der Waals surface area contributed by atoms with E-state index in [0.717, 1.165) is 6.54 Å². The van der Waals surface area contributed by atoms with Gasteiger partial charge in [0.1, 0.15) is 0 Å². The van der Waals surface area contributed by atoms with E-state index in [1.807, 2.05) is 0 Å². The van der Waals surface area contributed by atoms with Gasteiger partial charge >= 0.3 is 0 Å². The number of hydrogen-bond acceptors (Lipinski definition) is 2. The van der Waals surface area contributed by atoms with Crippen LogP contribution < -0.4 is 5.73 Å². The number of halogens is 1. The van der Waals surface area contributed by atoms with Crippen LogP contribution in [0.2, 0.25) is 0 Å². The highest BCUT2D eigenvalue weighted by Gasteiger charge is 2.06. The Hall–Kier alpha value is 0.140. The average molecular weight is 220 g/mol. The van der Waals surface area contributed by atoms with Crippen molar-refractivity contribution < 1.29 is 0 Å². The fourth-order valence-corrected chi connectivity index (χ4v) is 2.58. The summed E-state index contributed by atoms with van der Waals surface area (Å²) in [5.41, 5.74) is 6.84. The van der Waals surface area contributed by atoms with Crippen LogP contribution >= 0.6 is 27.3 Å². The zero-order chi connectivity index (χ0) is 7.56. The first kappa shape index (κ1) is 8.24. The molecule has 0 amide bonds. The van der Waals surface area contributed by atoms with Gasteiger partial charge in [-0.1, -0.05) is 6.92 Å². The molecule has 1 nitrogen and oxygen atoms in total. The molecule has 0 spiro atoms. The molecule has 0 radical (unpaired) electrons. The Balaban J connectivity index is 2.82. The van der Waals surface area contributed by atoms with Crippen molar-refractivity contribution in [1.82, 2.24) is 0 Å². The van der Waals surface area contributed by atoms with Gasteiger partial charge in [0, 0.05) is 9.85 Å². The molecule has 1 heterocycles. The third-order valence-electron chi connectivity index (χ3n) is 1.53. The van der Waals surface area contributed by atoms with Crippen LogP contribution in [0.3, 0.4) is 0 Å². The van der Waals surface area contributed by atoms with Gasteiger partial charge in [-0.05, 0) is 39.3 Å². The largest absolute Gasteiger partial charge is 0.330 e. The molecular formula is C7H10BrNS. The predicted molar refractivity (Wildman–Crippen MR) is 49.5 cm³/mol. The highest BCUT2D eigenvalue weighted by molar-refractivity contribution is 9.10. The van der Waals surface area contributed by atoms with Crippen LogP contribution in [-0.2, 0) is 0 Å². The second-order valence-electron chi connectivity index (χ2n) is 2.31. The number of hydrogen-bond donors (Lipinski definition) is 1. The van der Waals surface area contributed by atoms with Crippen molar-refractivity contribution in [2.75, 3.05) is 6.54 Å². The molecule has 0 bridgehead atoms. The van der Waals surface area contributed by atoms with E-state index in [-0.39, 0.29) is 0 Å². The van der Waals surface area contributed by atoms with Crippen LogP contribution in [0.25, 0.3) is 0 Å². The van der Waals surface area contributed by atoms with Gasteiger partial charge in [-0.2, -0.15) is 11.3 Å². The topological polar surface area (TPSA) is 26.0 Å². The minimum atomic E-state index is 0.473. The van der Waals surface area contributed by atoms with E-state index in [1.54, 1.807) is 11.3 Å². The minimum Gasteiger partial charge on any atom is -0.330 e. The summed E-state index contributed by atoms with van der Waals surface area (Å²) in [6.07, 6.45) is 0. The van der Waals surface area contributed by atoms with Gasteiger partial charge in [0.2, 0.25) is 0 Å². The molecule has 0 saturated carbocycles. The summed E-state index contributed by atoms with van der Waals surface area (Å²) in [6.45, 7) is 2.85. The molecule has 10 heavy (non-hydrogen) atoms. The smallest absolute Gasteiger partial charge is 0.0317 e. The maximum absolute atomic E-state index is 5.52. The summed E-state index contributed by atoms with van der Waals surface area (Å²) in [5.74, 6) is 0.473. The van der Waals surface area contributed by atoms with Crippen LogP contribution in [0.4, 0.5) is 0 Å². The highest BCUT2D eigenvalue weighted by Crippen LogP contribution is 2.27. The second kappa shape index (κ2) is 3.51. The lowest BCUT2D eigenvalue weighted by Crippen LogP contribution is -2.08. The molecule has 1 rings (SSSR count). The maximum Gasteiger partial charge on any atom is 0.0317 e. The average Bonchev–Trinajstić information content (AvgIpc) is 2.34.